The van der Waals surface area contributed by atoms with Gasteiger partial charge in [0.25, 0.3) is 5.91 Å². The molecule has 22 heavy (non-hydrogen) atoms. The number of para-hydroxylation sites is 1. The third-order valence-corrected chi connectivity index (χ3v) is 3.88. The Labute approximate surface area is 137 Å². The third kappa shape index (κ3) is 3.12. The van der Waals surface area contributed by atoms with Gasteiger partial charge in [-0.3, -0.25) is 4.79 Å². The predicted molar refractivity (Wildman–Crippen MR) is 91.0 cm³/mol. The Morgan fingerprint density at radius 1 is 1.00 bits per heavy atom. The summed E-state index contributed by atoms with van der Waals surface area (Å²) in [6.45, 7) is 1.95. The molecule has 1 aromatic heterocycles. The van der Waals surface area contributed by atoms with E-state index in [0.717, 1.165) is 21.3 Å². The molecule has 1 heterocycles. The largest absolute Gasteiger partial charge is 0.451 e. The molecule has 110 valence electrons. The summed E-state index contributed by atoms with van der Waals surface area (Å²) in [6, 6.07) is 18.9. The summed E-state index contributed by atoms with van der Waals surface area (Å²) in [5.74, 6) is 0.710. The van der Waals surface area contributed by atoms with E-state index in [0.29, 0.717) is 11.5 Å². The first-order valence-corrected chi connectivity index (χ1v) is 7.65. The van der Waals surface area contributed by atoms with Gasteiger partial charge in [-0.25, -0.2) is 0 Å². The Hall–Kier alpha value is -2.33. The van der Waals surface area contributed by atoms with Crippen molar-refractivity contribution in [2.45, 2.75) is 6.92 Å². The van der Waals surface area contributed by atoms with E-state index < -0.39 is 0 Å². The molecule has 2 aromatic carbocycles. The SMILES string of the molecule is Cc1ccccc1NC(=O)c1ccc(-c2ccc(Br)cc2)o1. The maximum atomic E-state index is 12.3. The number of carbonyl (C=O) groups excluding carboxylic acids is 1. The van der Waals surface area contributed by atoms with Crippen molar-refractivity contribution in [2.24, 2.45) is 0 Å². The molecular weight excluding hydrogens is 342 g/mol. The first kappa shape index (κ1) is 14.6. The molecule has 0 saturated heterocycles. The number of carbonyl (C=O) groups is 1. The molecule has 0 bridgehead atoms. The van der Waals surface area contributed by atoms with Crippen molar-refractivity contribution in [1.82, 2.24) is 0 Å². The van der Waals surface area contributed by atoms with Gasteiger partial charge in [0.1, 0.15) is 5.76 Å². The zero-order valence-electron chi connectivity index (χ0n) is 12.0. The van der Waals surface area contributed by atoms with Gasteiger partial charge in [-0.2, -0.15) is 0 Å². The molecule has 4 heteroatoms. The summed E-state index contributed by atoms with van der Waals surface area (Å²) in [4.78, 5) is 12.3. The minimum atomic E-state index is -0.252. The van der Waals surface area contributed by atoms with Crippen LogP contribution in [0.1, 0.15) is 16.1 Å². The van der Waals surface area contributed by atoms with Crippen molar-refractivity contribution in [3.05, 3.63) is 76.5 Å². The fourth-order valence-corrected chi connectivity index (χ4v) is 2.39. The molecule has 0 saturated carbocycles. The summed E-state index contributed by atoms with van der Waals surface area (Å²) >= 11 is 3.40. The summed E-state index contributed by atoms with van der Waals surface area (Å²) in [5, 5.41) is 2.86. The van der Waals surface area contributed by atoms with Crippen LogP contribution in [0.4, 0.5) is 5.69 Å². The first-order chi connectivity index (χ1) is 10.6. The van der Waals surface area contributed by atoms with Crippen LogP contribution in [-0.4, -0.2) is 5.91 Å². The van der Waals surface area contributed by atoms with Gasteiger partial charge in [-0.1, -0.05) is 46.3 Å². The van der Waals surface area contributed by atoms with Crippen LogP contribution in [0.15, 0.2) is 69.6 Å². The molecule has 0 atom stereocenters. The molecule has 3 aromatic rings. The highest BCUT2D eigenvalue weighted by atomic mass is 79.9. The van der Waals surface area contributed by atoms with Crippen LogP contribution in [0.3, 0.4) is 0 Å². The molecule has 1 N–H and O–H groups in total. The molecule has 0 aliphatic rings. The molecule has 1 amide bonds. The van der Waals surface area contributed by atoms with Gasteiger partial charge < -0.3 is 9.73 Å². The van der Waals surface area contributed by atoms with E-state index >= 15 is 0 Å². The van der Waals surface area contributed by atoms with E-state index in [-0.39, 0.29) is 5.91 Å². The van der Waals surface area contributed by atoms with Crippen LogP contribution in [0, 0.1) is 6.92 Å². The normalized spacial score (nSPS) is 10.5. The van der Waals surface area contributed by atoms with E-state index in [1.807, 2.05) is 55.5 Å². The third-order valence-electron chi connectivity index (χ3n) is 3.35. The van der Waals surface area contributed by atoms with Crippen molar-refractivity contribution >= 4 is 27.5 Å². The standard InChI is InChI=1S/C18H14BrNO2/c1-12-4-2-3-5-15(12)20-18(21)17-11-10-16(22-17)13-6-8-14(19)9-7-13/h2-11H,1H3,(H,20,21). The monoisotopic (exact) mass is 355 g/mol. The lowest BCUT2D eigenvalue weighted by Crippen LogP contribution is -2.11. The molecule has 0 aliphatic heterocycles. The number of rotatable bonds is 3. The van der Waals surface area contributed by atoms with Crippen molar-refractivity contribution in [3.8, 4) is 11.3 Å². The Morgan fingerprint density at radius 3 is 2.45 bits per heavy atom. The lowest BCUT2D eigenvalue weighted by molar-refractivity contribution is 0.0997. The van der Waals surface area contributed by atoms with Gasteiger partial charge in [0.15, 0.2) is 5.76 Å². The highest BCUT2D eigenvalue weighted by Gasteiger charge is 2.13. The van der Waals surface area contributed by atoms with Gasteiger partial charge in [0.05, 0.1) is 0 Å². The van der Waals surface area contributed by atoms with Crippen molar-refractivity contribution in [1.29, 1.82) is 0 Å². The number of hydrogen-bond acceptors (Lipinski definition) is 2. The number of hydrogen-bond donors (Lipinski definition) is 1. The number of nitrogens with one attached hydrogen (secondary N) is 1. The van der Waals surface area contributed by atoms with Crippen LogP contribution in [0.2, 0.25) is 0 Å². The van der Waals surface area contributed by atoms with E-state index in [1.54, 1.807) is 12.1 Å². The van der Waals surface area contributed by atoms with Crippen LogP contribution in [0.5, 0.6) is 0 Å². The first-order valence-electron chi connectivity index (χ1n) is 6.86. The fourth-order valence-electron chi connectivity index (χ4n) is 2.13. The van der Waals surface area contributed by atoms with Crippen LogP contribution >= 0.6 is 15.9 Å². The maximum absolute atomic E-state index is 12.3. The summed E-state index contributed by atoms with van der Waals surface area (Å²) < 4.78 is 6.66. The van der Waals surface area contributed by atoms with Crippen LogP contribution in [-0.2, 0) is 0 Å². The maximum Gasteiger partial charge on any atom is 0.291 e. The number of anilines is 1. The van der Waals surface area contributed by atoms with Crippen molar-refractivity contribution < 1.29 is 9.21 Å². The lowest BCUT2D eigenvalue weighted by Gasteiger charge is -2.06. The van der Waals surface area contributed by atoms with Gasteiger partial charge >= 0.3 is 0 Å². The average molecular weight is 356 g/mol. The Morgan fingerprint density at radius 2 is 1.73 bits per heavy atom. The molecule has 0 spiro atoms. The molecule has 0 aliphatic carbocycles. The second kappa shape index (κ2) is 6.20. The molecular formula is C18H14BrNO2. The summed E-state index contributed by atoms with van der Waals surface area (Å²) in [5.41, 5.74) is 2.72. The zero-order valence-corrected chi connectivity index (χ0v) is 13.6. The number of benzene rings is 2. The number of amides is 1. The van der Waals surface area contributed by atoms with Gasteiger partial charge in [-0.15, -0.1) is 0 Å². The molecule has 3 nitrogen and oxygen atoms in total. The van der Waals surface area contributed by atoms with Gasteiger partial charge in [-0.05, 0) is 42.8 Å². The predicted octanol–water partition coefficient (Wildman–Crippen LogP) is 5.27. The van der Waals surface area contributed by atoms with Crippen LogP contribution in [0.25, 0.3) is 11.3 Å². The topological polar surface area (TPSA) is 42.2 Å². The Balaban J connectivity index is 1.80. The fraction of sp³-hybridized carbons (Fsp3) is 0.0556. The summed E-state index contributed by atoms with van der Waals surface area (Å²) in [6.07, 6.45) is 0. The number of halogens is 1. The van der Waals surface area contributed by atoms with E-state index in [9.17, 15) is 4.79 Å². The quantitative estimate of drug-likeness (QED) is 0.695. The van der Waals surface area contributed by atoms with E-state index in [1.165, 1.54) is 0 Å². The molecule has 0 radical (unpaired) electrons. The number of furan rings is 1. The molecule has 0 unspecified atom stereocenters. The minimum Gasteiger partial charge on any atom is -0.451 e. The average Bonchev–Trinajstić information content (AvgIpc) is 3.00. The van der Waals surface area contributed by atoms with Crippen LogP contribution < -0.4 is 5.32 Å². The lowest BCUT2D eigenvalue weighted by atomic mass is 10.2. The minimum absolute atomic E-state index is 0.252. The van der Waals surface area contributed by atoms with E-state index in [4.69, 9.17) is 4.42 Å². The Kier molecular flexibility index (Phi) is 4.11. The van der Waals surface area contributed by atoms with Gasteiger partial charge in [0, 0.05) is 15.7 Å². The molecule has 0 fully saturated rings. The molecule has 3 rings (SSSR count). The highest BCUT2D eigenvalue weighted by molar-refractivity contribution is 9.10. The highest BCUT2D eigenvalue weighted by Crippen LogP contribution is 2.24. The zero-order chi connectivity index (χ0) is 15.5. The second-order valence-electron chi connectivity index (χ2n) is 4.94. The van der Waals surface area contributed by atoms with Crippen molar-refractivity contribution in [3.63, 3.8) is 0 Å². The smallest absolute Gasteiger partial charge is 0.291 e. The Bertz CT molecular complexity index is 806. The number of aryl methyl sites for hydroxylation is 1. The van der Waals surface area contributed by atoms with E-state index in [2.05, 4.69) is 21.2 Å². The van der Waals surface area contributed by atoms with Gasteiger partial charge in [0.2, 0.25) is 0 Å². The summed E-state index contributed by atoms with van der Waals surface area (Å²) in [7, 11) is 0. The second-order valence-corrected chi connectivity index (χ2v) is 5.86. The van der Waals surface area contributed by atoms with Crippen molar-refractivity contribution in [2.75, 3.05) is 5.32 Å².